The molecule has 2 aromatic carbocycles. The van der Waals surface area contributed by atoms with E-state index in [1.165, 1.54) is 5.56 Å². The molecule has 1 aliphatic heterocycles. The minimum absolute atomic E-state index is 0.0760. The maximum absolute atomic E-state index is 13.2. The van der Waals surface area contributed by atoms with Crippen molar-refractivity contribution >= 4 is 11.8 Å². The lowest BCUT2D eigenvalue weighted by atomic mass is 10.1. The summed E-state index contributed by atoms with van der Waals surface area (Å²) < 4.78 is 5.25. The van der Waals surface area contributed by atoms with E-state index >= 15 is 0 Å². The van der Waals surface area contributed by atoms with E-state index in [4.69, 9.17) is 4.74 Å². The molecule has 154 valence electrons. The molecule has 0 saturated carbocycles. The number of carbonyl (C=O) groups excluding carboxylic acids is 2. The average molecular weight is 396 g/mol. The molecular formula is C23H29N3O3. The number of methoxy groups -OCH3 is 1. The molecule has 0 bridgehead atoms. The highest BCUT2D eigenvalue weighted by Gasteiger charge is 2.21. The Hall–Kier alpha value is -2.86. The second kappa shape index (κ2) is 10.6. The van der Waals surface area contributed by atoms with Gasteiger partial charge in [-0.05, 0) is 30.2 Å². The number of rotatable bonds is 8. The van der Waals surface area contributed by atoms with Gasteiger partial charge in [0.2, 0.25) is 5.91 Å². The van der Waals surface area contributed by atoms with Crippen molar-refractivity contribution in [2.75, 3.05) is 46.4 Å². The van der Waals surface area contributed by atoms with Crippen LogP contribution < -0.4 is 10.1 Å². The van der Waals surface area contributed by atoms with Crippen LogP contribution in [-0.4, -0.2) is 68.0 Å². The van der Waals surface area contributed by atoms with Crippen LogP contribution in [0.1, 0.15) is 22.3 Å². The number of nitrogens with one attached hydrogen (secondary N) is 1. The van der Waals surface area contributed by atoms with Crippen LogP contribution in [0.25, 0.3) is 0 Å². The van der Waals surface area contributed by atoms with Crippen molar-refractivity contribution in [3.63, 3.8) is 0 Å². The van der Waals surface area contributed by atoms with Gasteiger partial charge < -0.3 is 19.9 Å². The van der Waals surface area contributed by atoms with E-state index in [0.29, 0.717) is 30.8 Å². The van der Waals surface area contributed by atoms with Gasteiger partial charge in [0, 0.05) is 51.3 Å². The van der Waals surface area contributed by atoms with E-state index in [1.807, 2.05) is 35.2 Å². The second-order valence-electron chi connectivity index (χ2n) is 7.14. The molecule has 1 N–H and O–H groups in total. The van der Waals surface area contributed by atoms with Gasteiger partial charge in [0.05, 0.1) is 7.11 Å². The fourth-order valence-corrected chi connectivity index (χ4v) is 3.47. The molecule has 0 unspecified atom stereocenters. The van der Waals surface area contributed by atoms with Crippen molar-refractivity contribution in [2.45, 2.75) is 12.8 Å². The predicted octanol–water partition coefficient (Wildman–Crippen LogP) is 2.20. The lowest BCUT2D eigenvalue weighted by molar-refractivity contribution is -0.131. The molecule has 6 nitrogen and oxygen atoms in total. The number of benzene rings is 2. The first-order valence-electron chi connectivity index (χ1n) is 10.1. The Morgan fingerprint density at radius 1 is 1.03 bits per heavy atom. The van der Waals surface area contributed by atoms with Gasteiger partial charge in [0.25, 0.3) is 5.91 Å². The first kappa shape index (κ1) is 20.9. The molecule has 0 aliphatic carbocycles. The van der Waals surface area contributed by atoms with Crippen LogP contribution in [0.15, 0.2) is 54.6 Å². The highest BCUT2D eigenvalue weighted by atomic mass is 16.5. The van der Waals surface area contributed by atoms with E-state index < -0.39 is 0 Å². The molecule has 2 amide bonds. The molecule has 0 atom stereocenters. The summed E-state index contributed by atoms with van der Waals surface area (Å²) >= 11 is 0. The number of ether oxygens (including phenoxy) is 1. The molecule has 6 heteroatoms. The molecule has 0 spiro atoms. The number of hydrogen-bond acceptors (Lipinski definition) is 4. The highest BCUT2D eigenvalue weighted by molar-refractivity contribution is 5.95. The van der Waals surface area contributed by atoms with Gasteiger partial charge in [-0.15, -0.1) is 0 Å². The monoisotopic (exact) mass is 395 g/mol. The Morgan fingerprint density at radius 2 is 1.79 bits per heavy atom. The first-order valence-corrected chi connectivity index (χ1v) is 10.1. The third kappa shape index (κ3) is 6.06. The summed E-state index contributed by atoms with van der Waals surface area (Å²) in [5.74, 6) is 0.679. The molecule has 1 fully saturated rings. The van der Waals surface area contributed by atoms with Crippen molar-refractivity contribution < 1.29 is 14.3 Å². The van der Waals surface area contributed by atoms with Crippen molar-refractivity contribution in [3.05, 3.63) is 65.7 Å². The maximum Gasteiger partial charge on any atom is 0.254 e. The summed E-state index contributed by atoms with van der Waals surface area (Å²) in [6.07, 6.45) is 1.09. The summed E-state index contributed by atoms with van der Waals surface area (Å²) in [5.41, 5.74) is 1.75. The molecule has 1 saturated heterocycles. The van der Waals surface area contributed by atoms with Gasteiger partial charge in [0.15, 0.2) is 0 Å². The second-order valence-corrected chi connectivity index (χ2v) is 7.14. The lowest BCUT2D eigenvalue weighted by Crippen LogP contribution is -2.47. The Bertz CT molecular complexity index is 804. The Balaban J connectivity index is 1.67. The van der Waals surface area contributed by atoms with Gasteiger partial charge in [-0.2, -0.15) is 0 Å². The quantitative estimate of drug-likeness (QED) is 0.744. The van der Waals surface area contributed by atoms with Crippen LogP contribution in [-0.2, 0) is 11.2 Å². The summed E-state index contributed by atoms with van der Waals surface area (Å²) in [6.45, 7) is 4.08. The van der Waals surface area contributed by atoms with Gasteiger partial charge in [0.1, 0.15) is 5.75 Å². The van der Waals surface area contributed by atoms with E-state index in [0.717, 1.165) is 32.6 Å². The zero-order valence-electron chi connectivity index (χ0n) is 17.0. The molecular weight excluding hydrogens is 366 g/mol. The van der Waals surface area contributed by atoms with Crippen LogP contribution in [0.3, 0.4) is 0 Å². The van der Waals surface area contributed by atoms with Crippen LogP contribution in [0, 0.1) is 0 Å². The number of nitrogens with zero attached hydrogens (tertiary/aromatic N) is 2. The van der Waals surface area contributed by atoms with E-state index in [1.54, 1.807) is 24.1 Å². The van der Waals surface area contributed by atoms with E-state index in [2.05, 4.69) is 17.4 Å². The van der Waals surface area contributed by atoms with Crippen molar-refractivity contribution in [3.8, 4) is 5.75 Å². The lowest BCUT2D eigenvalue weighted by Gasteiger charge is -2.29. The smallest absolute Gasteiger partial charge is 0.254 e. The highest BCUT2D eigenvalue weighted by Crippen LogP contribution is 2.15. The fourth-order valence-electron chi connectivity index (χ4n) is 3.47. The Kier molecular flexibility index (Phi) is 7.64. The van der Waals surface area contributed by atoms with Crippen LogP contribution in [0.2, 0.25) is 0 Å². The Morgan fingerprint density at radius 3 is 2.52 bits per heavy atom. The number of amides is 2. The standard InChI is InChI=1S/C23H29N3O3/c1-29-21-9-5-8-20(18-21)23(28)26(14-10-19-6-3-2-4-7-19)15-11-22(27)25-16-12-24-13-17-25/h2-9,18,24H,10-17H2,1H3. The first-order chi connectivity index (χ1) is 14.2. The van der Waals surface area contributed by atoms with E-state index in [9.17, 15) is 9.59 Å². The summed E-state index contributed by atoms with van der Waals surface area (Å²) in [7, 11) is 1.59. The number of hydrogen-bond donors (Lipinski definition) is 1. The zero-order chi connectivity index (χ0) is 20.5. The minimum Gasteiger partial charge on any atom is -0.497 e. The number of carbonyl (C=O) groups is 2. The summed E-state index contributed by atoms with van der Waals surface area (Å²) in [4.78, 5) is 29.4. The number of piperazine rings is 1. The molecule has 0 aromatic heterocycles. The third-order valence-corrected chi connectivity index (χ3v) is 5.18. The van der Waals surface area contributed by atoms with Crippen LogP contribution >= 0.6 is 0 Å². The van der Waals surface area contributed by atoms with Crippen molar-refractivity contribution in [2.24, 2.45) is 0 Å². The van der Waals surface area contributed by atoms with Gasteiger partial charge in [-0.3, -0.25) is 9.59 Å². The van der Waals surface area contributed by atoms with Gasteiger partial charge >= 0.3 is 0 Å². The van der Waals surface area contributed by atoms with Crippen LogP contribution in [0.5, 0.6) is 5.75 Å². The normalized spacial score (nSPS) is 13.8. The van der Waals surface area contributed by atoms with E-state index in [-0.39, 0.29) is 11.8 Å². The van der Waals surface area contributed by atoms with Gasteiger partial charge in [-0.1, -0.05) is 36.4 Å². The third-order valence-electron chi connectivity index (χ3n) is 5.18. The molecule has 0 radical (unpaired) electrons. The SMILES string of the molecule is COc1cccc(C(=O)N(CCC(=O)N2CCNCC2)CCc2ccccc2)c1. The van der Waals surface area contributed by atoms with Crippen LogP contribution in [0.4, 0.5) is 0 Å². The average Bonchev–Trinajstić information content (AvgIpc) is 2.79. The predicted molar refractivity (Wildman–Crippen MR) is 113 cm³/mol. The fraction of sp³-hybridized carbons (Fsp3) is 0.391. The molecule has 2 aromatic rings. The van der Waals surface area contributed by atoms with Crippen molar-refractivity contribution in [1.82, 2.24) is 15.1 Å². The topological polar surface area (TPSA) is 61.9 Å². The summed E-state index contributed by atoms with van der Waals surface area (Å²) in [6, 6.07) is 17.3. The zero-order valence-corrected chi connectivity index (χ0v) is 17.0. The molecule has 3 rings (SSSR count). The molecule has 1 aliphatic rings. The molecule has 29 heavy (non-hydrogen) atoms. The molecule has 1 heterocycles. The maximum atomic E-state index is 13.2. The minimum atomic E-state index is -0.0760. The largest absolute Gasteiger partial charge is 0.497 e. The summed E-state index contributed by atoms with van der Waals surface area (Å²) in [5, 5.41) is 3.25. The Labute approximate surface area is 172 Å². The van der Waals surface area contributed by atoms with Crippen molar-refractivity contribution in [1.29, 1.82) is 0 Å². The van der Waals surface area contributed by atoms with Gasteiger partial charge in [-0.25, -0.2) is 0 Å².